The minimum absolute atomic E-state index is 0.249. The van der Waals surface area contributed by atoms with Gasteiger partial charge in [0.2, 0.25) is 0 Å². The van der Waals surface area contributed by atoms with E-state index in [1.54, 1.807) is 62.3 Å². The van der Waals surface area contributed by atoms with E-state index in [4.69, 9.17) is 30.9 Å². The van der Waals surface area contributed by atoms with E-state index in [1.807, 2.05) is 20.8 Å². The number of carbonyl (C=O) groups is 4. The number of rotatable bonds is 5. The van der Waals surface area contributed by atoms with Crippen molar-refractivity contribution in [2.75, 3.05) is 6.07 Å². The molecule has 0 aromatic rings. The maximum atomic E-state index is 11.7. The lowest BCUT2D eigenvalue weighted by Crippen LogP contribution is -2.51. The Morgan fingerprint density at radius 1 is 0.706 bits per heavy atom. The lowest BCUT2D eigenvalue weighted by Gasteiger charge is -2.30. The van der Waals surface area contributed by atoms with E-state index in [1.165, 1.54) is 0 Å². The molecule has 0 rings (SSSR count). The minimum Gasteiger partial charge on any atom is -0.480 e. The normalized spacial score (nSPS) is 13.9. The average Bonchev–Trinajstić information content (AvgIpc) is 2.53. The van der Waals surface area contributed by atoms with Crippen LogP contribution in [0.5, 0.6) is 0 Å². The number of carbonyl (C=O) groups excluding carboxylic acids is 3. The van der Waals surface area contributed by atoms with Crippen LogP contribution in [0.25, 0.3) is 0 Å². The molecule has 0 bridgehead atoms. The second kappa shape index (κ2) is 13.0. The lowest BCUT2D eigenvalue weighted by atomic mass is 9.87. The number of alkyl halides is 1. The van der Waals surface area contributed by atoms with Crippen LogP contribution >= 0.6 is 11.6 Å². The fraction of sp³-hybridized carbons (Fsp3) is 0.826. The minimum atomic E-state index is -1.07. The summed E-state index contributed by atoms with van der Waals surface area (Å²) in [5.74, 6) is -1.65. The molecule has 0 saturated carbocycles. The molecule has 0 aliphatic heterocycles. The highest BCUT2D eigenvalue weighted by atomic mass is 35.5. The molecule has 0 radical (unpaired) electrons. The molecule has 0 aromatic heterocycles. The summed E-state index contributed by atoms with van der Waals surface area (Å²) >= 11 is 5.35. The first-order valence-corrected chi connectivity index (χ1v) is 11.4. The second-order valence-electron chi connectivity index (χ2n) is 11.8. The Morgan fingerprint density at radius 3 is 1.26 bits per heavy atom. The van der Waals surface area contributed by atoms with Crippen LogP contribution in [-0.4, -0.2) is 58.6 Å². The topological polar surface area (TPSA) is 140 Å². The van der Waals surface area contributed by atoms with Gasteiger partial charge in [-0.15, -0.1) is 0 Å². The van der Waals surface area contributed by atoms with E-state index in [9.17, 15) is 19.2 Å². The van der Waals surface area contributed by atoms with Crippen molar-refractivity contribution < 1.29 is 38.5 Å². The van der Waals surface area contributed by atoms with Crippen LogP contribution in [0, 0.1) is 10.8 Å². The van der Waals surface area contributed by atoms with Crippen molar-refractivity contribution in [2.45, 2.75) is 106 Å². The van der Waals surface area contributed by atoms with Gasteiger partial charge in [0.15, 0.2) is 6.07 Å². The van der Waals surface area contributed by atoms with Gasteiger partial charge in [-0.05, 0) is 52.4 Å². The van der Waals surface area contributed by atoms with E-state index in [0.717, 1.165) is 0 Å². The van der Waals surface area contributed by atoms with Crippen LogP contribution in [0.4, 0.5) is 9.59 Å². The van der Waals surface area contributed by atoms with Crippen molar-refractivity contribution in [3.05, 3.63) is 0 Å². The third-order valence-electron chi connectivity index (χ3n) is 3.73. The predicted octanol–water partition coefficient (Wildman–Crippen LogP) is 4.68. The number of alkyl carbamates (subject to hydrolysis) is 2. The van der Waals surface area contributed by atoms with Gasteiger partial charge in [0, 0.05) is 0 Å². The van der Waals surface area contributed by atoms with Crippen LogP contribution < -0.4 is 10.6 Å². The molecule has 3 N–H and O–H groups in total. The van der Waals surface area contributed by atoms with Crippen LogP contribution in [0.2, 0.25) is 0 Å². The molecule has 0 fully saturated rings. The molecule has 0 saturated heterocycles. The number of ether oxygens (including phenoxy) is 3. The Hall–Kier alpha value is -2.23. The zero-order valence-electron chi connectivity index (χ0n) is 22.5. The van der Waals surface area contributed by atoms with Gasteiger partial charge in [0.05, 0.1) is 0 Å². The first kappa shape index (κ1) is 33.9. The molecule has 2 atom stereocenters. The summed E-state index contributed by atoms with van der Waals surface area (Å²) in [5, 5.41) is 13.8. The van der Waals surface area contributed by atoms with Gasteiger partial charge in [-0.3, -0.25) is 0 Å². The number of nitrogens with one attached hydrogen (secondary N) is 2. The van der Waals surface area contributed by atoms with Crippen molar-refractivity contribution in [2.24, 2.45) is 10.8 Å². The second-order valence-corrected chi connectivity index (χ2v) is 12.0. The van der Waals surface area contributed by atoms with Crippen molar-refractivity contribution in [3.8, 4) is 0 Å². The van der Waals surface area contributed by atoms with Crippen LogP contribution in [0.3, 0.4) is 0 Å². The summed E-state index contributed by atoms with van der Waals surface area (Å²) in [6.45, 7) is 21.1. The molecule has 34 heavy (non-hydrogen) atoms. The van der Waals surface area contributed by atoms with Gasteiger partial charge < -0.3 is 30.0 Å². The standard InChI is InChI=1S/C12H22ClNO4.C11H21NO4/c1-11(2,3)8(9(15)17-7-13)14-10(16)18-12(4,5)6;1-10(2,3)7(8(13)14)12-9(15)16-11(4,5)6/h8H,7H2,1-6H3,(H,14,16);7H,1-6H3,(H,12,15)(H,13,14)/t8-;7-/m11/s1. The Kier molecular flexibility index (Phi) is 13.0. The molecule has 0 unspecified atom stereocenters. The van der Waals surface area contributed by atoms with Crippen LogP contribution in [0.1, 0.15) is 83.1 Å². The largest absolute Gasteiger partial charge is 0.480 e. The summed E-state index contributed by atoms with van der Waals surface area (Å²) in [6, 6.07) is -2.03. The molecule has 10 nitrogen and oxygen atoms in total. The quantitative estimate of drug-likeness (QED) is 0.275. The highest BCUT2D eigenvalue weighted by molar-refractivity contribution is 6.17. The van der Waals surface area contributed by atoms with Gasteiger partial charge >= 0.3 is 24.1 Å². The monoisotopic (exact) mass is 510 g/mol. The van der Waals surface area contributed by atoms with Gasteiger partial charge in [0.25, 0.3) is 0 Å². The molecule has 200 valence electrons. The lowest BCUT2D eigenvalue weighted by molar-refractivity contribution is -0.147. The summed E-state index contributed by atoms with van der Waals surface area (Å²) in [5.41, 5.74) is -2.32. The number of carboxylic acid groups (broad SMARTS) is 1. The van der Waals surface area contributed by atoms with E-state index < -0.39 is 58.2 Å². The number of hydrogen-bond acceptors (Lipinski definition) is 7. The SMILES string of the molecule is CC(C)(C)OC(=O)N[C@H](C(=O)O)C(C)(C)C.CC(C)(C)OC(=O)N[C@H](C(=O)OCCl)C(C)(C)C. The van der Waals surface area contributed by atoms with Crippen LogP contribution in [-0.2, 0) is 23.8 Å². The van der Waals surface area contributed by atoms with Crippen molar-refractivity contribution >= 4 is 35.7 Å². The van der Waals surface area contributed by atoms with Gasteiger partial charge in [-0.1, -0.05) is 53.1 Å². The third kappa shape index (κ3) is 16.4. The van der Waals surface area contributed by atoms with Gasteiger partial charge in [-0.25, -0.2) is 19.2 Å². The zero-order chi connectivity index (χ0) is 27.7. The number of hydrogen-bond donors (Lipinski definition) is 3. The Bertz CT molecular complexity index is 698. The first-order chi connectivity index (χ1) is 14.9. The predicted molar refractivity (Wildman–Crippen MR) is 130 cm³/mol. The molecule has 0 aromatic carbocycles. The number of aliphatic carboxylic acids is 1. The molecular formula is C23H43ClN2O8. The van der Waals surface area contributed by atoms with Crippen LogP contribution in [0.15, 0.2) is 0 Å². The highest BCUT2D eigenvalue weighted by Crippen LogP contribution is 2.22. The smallest absolute Gasteiger partial charge is 0.408 e. The maximum absolute atomic E-state index is 11.7. The number of esters is 1. The van der Waals surface area contributed by atoms with E-state index in [0.29, 0.717) is 0 Å². The highest BCUT2D eigenvalue weighted by Gasteiger charge is 2.35. The molecular weight excluding hydrogens is 468 g/mol. The molecule has 0 aliphatic carbocycles. The summed E-state index contributed by atoms with van der Waals surface area (Å²) in [4.78, 5) is 45.8. The first-order valence-electron chi connectivity index (χ1n) is 10.8. The van der Waals surface area contributed by atoms with E-state index in [2.05, 4.69) is 10.6 Å². The Labute approximate surface area is 208 Å². The molecule has 11 heteroatoms. The Balaban J connectivity index is 0. The molecule has 0 heterocycles. The van der Waals surface area contributed by atoms with E-state index in [-0.39, 0.29) is 6.07 Å². The number of amides is 2. The van der Waals surface area contributed by atoms with Crippen molar-refractivity contribution in [1.29, 1.82) is 0 Å². The fourth-order valence-electron chi connectivity index (χ4n) is 2.27. The number of halogens is 1. The van der Waals surface area contributed by atoms with E-state index >= 15 is 0 Å². The molecule has 0 aliphatic rings. The van der Waals surface area contributed by atoms with Gasteiger partial charge in [-0.2, -0.15) is 0 Å². The fourth-order valence-corrected chi connectivity index (χ4v) is 2.37. The number of carboxylic acids is 1. The average molecular weight is 511 g/mol. The zero-order valence-corrected chi connectivity index (χ0v) is 23.3. The summed E-state index contributed by atoms with van der Waals surface area (Å²) < 4.78 is 14.8. The van der Waals surface area contributed by atoms with Gasteiger partial charge in [0.1, 0.15) is 23.3 Å². The molecule has 0 spiro atoms. The molecule has 2 amide bonds. The summed E-state index contributed by atoms with van der Waals surface area (Å²) in [6.07, 6.45) is -1.37. The maximum Gasteiger partial charge on any atom is 0.408 e. The third-order valence-corrected chi connectivity index (χ3v) is 3.84. The van der Waals surface area contributed by atoms with Crippen molar-refractivity contribution in [3.63, 3.8) is 0 Å². The van der Waals surface area contributed by atoms with Crippen molar-refractivity contribution in [1.82, 2.24) is 10.6 Å². The summed E-state index contributed by atoms with van der Waals surface area (Å²) in [7, 11) is 0. The Morgan fingerprint density at radius 2 is 1.03 bits per heavy atom.